The van der Waals surface area contributed by atoms with Gasteiger partial charge >= 0.3 is 0 Å². The number of aromatic hydroxyl groups is 1. The lowest BCUT2D eigenvalue weighted by molar-refractivity contribution is -0.923. The van der Waals surface area contributed by atoms with Gasteiger partial charge in [0.1, 0.15) is 6.04 Å². The molecule has 2 aromatic rings. The average Bonchev–Trinajstić information content (AvgIpc) is 2.63. The lowest BCUT2D eigenvalue weighted by Crippen LogP contribution is -2.49. The second kappa shape index (κ2) is 5.81. The molecule has 0 saturated heterocycles. The molecule has 0 aromatic heterocycles. The van der Waals surface area contributed by atoms with E-state index in [4.69, 9.17) is 14.2 Å². The number of ether oxygens (including phenoxy) is 3. The molecule has 0 saturated carbocycles. The van der Waals surface area contributed by atoms with Crippen molar-refractivity contribution in [2.45, 2.75) is 18.9 Å². The van der Waals surface area contributed by atoms with Crippen LogP contribution in [0, 0.1) is 0 Å². The first-order valence-electron chi connectivity index (χ1n) is 8.92. The highest BCUT2D eigenvalue weighted by molar-refractivity contribution is 5.84. The first-order chi connectivity index (χ1) is 12.4. The molecule has 0 spiro atoms. The maximum Gasteiger partial charge on any atom is 0.169 e. The molecule has 26 heavy (non-hydrogen) atoms. The molecular formula is C21H26NO4+. The monoisotopic (exact) mass is 356 g/mol. The molecule has 0 radical (unpaired) electrons. The number of methoxy groups -OCH3 is 3. The maximum atomic E-state index is 10.3. The number of likely N-dealkylation sites (N-methyl/N-ethyl adjacent to an activating group) is 1. The summed E-state index contributed by atoms with van der Waals surface area (Å²) in [5, 5.41) is 10.3. The highest BCUT2D eigenvalue weighted by atomic mass is 16.5. The summed E-state index contributed by atoms with van der Waals surface area (Å²) in [7, 11) is 9.50. The SMILES string of the molecule is COc1cc2c(cc1O)C[C@H]1c3c(cc(OC)c(OC)c3-2)CC[N+]1(C)C. The van der Waals surface area contributed by atoms with Crippen molar-refractivity contribution in [1.29, 1.82) is 0 Å². The molecule has 5 nitrogen and oxygen atoms in total. The number of hydrogen-bond donors (Lipinski definition) is 1. The summed E-state index contributed by atoms with van der Waals surface area (Å²) in [6.45, 7) is 1.07. The van der Waals surface area contributed by atoms with Crippen LogP contribution in [0.1, 0.15) is 22.7 Å². The molecule has 1 aliphatic carbocycles. The van der Waals surface area contributed by atoms with Gasteiger partial charge in [0, 0.05) is 24.0 Å². The van der Waals surface area contributed by atoms with Gasteiger partial charge in [-0.05, 0) is 34.9 Å². The van der Waals surface area contributed by atoms with Crippen molar-refractivity contribution in [3.63, 3.8) is 0 Å². The van der Waals surface area contributed by atoms with Gasteiger partial charge in [0.05, 0.1) is 42.0 Å². The summed E-state index contributed by atoms with van der Waals surface area (Å²) in [5.74, 6) is 2.17. The van der Waals surface area contributed by atoms with Gasteiger partial charge < -0.3 is 23.8 Å². The van der Waals surface area contributed by atoms with E-state index in [0.29, 0.717) is 11.8 Å². The van der Waals surface area contributed by atoms with Gasteiger partial charge in [0.25, 0.3) is 0 Å². The number of rotatable bonds is 3. The Hall–Kier alpha value is -2.40. The van der Waals surface area contributed by atoms with Crippen LogP contribution in [0.4, 0.5) is 0 Å². The number of hydrogen-bond acceptors (Lipinski definition) is 4. The van der Waals surface area contributed by atoms with Gasteiger partial charge in [0.15, 0.2) is 23.0 Å². The minimum absolute atomic E-state index is 0.179. The van der Waals surface area contributed by atoms with E-state index in [0.717, 1.165) is 52.1 Å². The van der Waals surface area contributed by atoms with Gasteiger partial charge in [-0.2, -0.15) is 0 Å². The highest BCUT2D eigenvalue weighted by Gasteiger charge is 2.43. The van der Waals surface area contributed by atoms with Crippen molar-refractivity contribution in [3.8, 4) is 34.1 Å². The maximum absolute atomic E-state index is 10.3. The summed E-state index contributed by atoms with van der Waals surface area (Å²) in [4.78, 5) is 0. The Kier molecular flexibility index (Phi) is 3.81. The standard InChI is InChI=1S/C21H25NO4/c1-22(2)7-6-12-10-18(25-4)21(26-5)20-14-11-17(24-3)16(23)9-13(14)8-15(22)19(12)20/h9-11,15H,6-8H2,1-5H3/p+1/t15-/m0/s1. The number of phenolic OH excluding ortho intramolecular Hbond substituents is 1. The van der Waals surface area contributed by atoms with Crippen molar-refractivity contribution in [2.75, 3.05) is 42.0 Å². The third-order valence-corrected chi connectivity index (χ3v) is 6.02. The molecule has 1 aliphatic heterocycles. The number of phenols is 1. The van der Waals surface area contributed by atoms with Gasteiger partial charge in [-0.15, -0.1) is 0 Å². The van der Waals surface area contributed by atoms with Crippen molar-refractivity contribution in [3.05, 3.63) is 34.9 Å². The Morgan fingerprint density at radius 3 is 2.35 bits per heavy atom. The molecule has 1 heterocycles. The van der Waals surface area contributed by atoms with Crippen molar-refractivity contribution in [2.24, 2.45) is 0 Å². The zero-order chi connectivity index (χ0) is 18.6. The first kappa shape index (κ1) is 17.0. The molecule has 2 aliphatic rings. The Morgan fingerprint density at radius 2 is 1.69 bits per heavy atom. The molecule has 2 aromatic carbocycles. The fourth-order valence-corrected chi connectivity index (χ4v) is 4.56. The number of fused-ring (bicyclic) bond motifs is 2. The Labute approximate surface area is 154 Å². The van der Waals surface area contributed by atoms with Crippen LogP contribution in [0.3, 0.4) is 0 Å². The summed E-state index contributed by atoms with van der Waals surface area (Å²) < 4.78 is 17.7. The quantitative estimate of drug-likeness (QED) is 0.857. The van der Waals surface area contributed by atoms with E-state index >= 15 is 0 Å². The Bertz CT molecular complexity index is 888. The zero-order valence-electron chi connectivity index (χ0n) is 16.0. The van der Waals surface area contributed by atoms with Crippen molar-refractivity contribution in [1.82, 2.24) is 0 Å². The normalized spacial score (nSPS) is 19.3. The number of benzene rings is 2. The fourth-order valence-electron chi connectivity index (χ4n) is 4.56. The van der Waals surface area contributed by atoms with Crippen LogP contribution in [0.25, 0.3) is 11.1 Å². The molecule has 4 rings (SSSR count). The van der Waals surface area contributed by atoms with E-state index in [1.807, 2.05) is 12.1 Å². The molecule has 5 heteroatoms. The summed E-state index contributed by atoms with van der Waals surface area (Å²) >= 11 is 0. The van der Waals surface area contributed by atoms with Gasteiger partial charge in [-0.3, -0.25) is 0 Å². The van der Waals surface area contributed by atoms with E-state index in [9.17, 15) is 5.11 Å². The molecule has 1 N–H and O–H groups in total. The third kappa shape index (κ3) is 2.27. The lowest BCUT2D eigenvalue weighted by atomic mass is 9.75. The van der Waals surface area contributed by atoms with Crippen LogP contribution in [0.15, 0.2) is 18.2 Å². The van der Waals surface area contributed by atoms with Crippen molar-refractivity contribution < 1.29 is 23.8 Å². The van der Waals surface area contributed by atoms with Crippen LogP contribution >= 0.6 is 0 Å². The minimum Gasteiger partial charge on any atom is -0.504 e. The second-order valence-corrected chi connectivity index (χ2v) is 7.71. The van der Waals surface area contributed by atoms with Gasteiger partial charge in [0.2, 0.25) is 0 Å². The molecule has 0 amide bonds. The summed E-state index contributed by atoms with van der Waals surface area (Å²) in [6, 6.07) is 6.22. The lowest BCUT2D eigenvalue weighted by Gasteiger charge is -2.46. The van der Waals surface area contributed by atoms with Crippen LogP contribution in [-0.4, -0.2) is 51.6 Å². The van der Waals surface area contributed by atoms with Crippen LogP contribution in [0.2, 0.25) is 0 Å². The van der Waals surface area contributed by atoms with Crippen LogP contribution < -0.4 is 14.2 Å². The zero-order valence-corrected chi connectivity index (χ0v) is 16.0. The molecule has 0 bridgehead atoms. The molecule has 1 atom stereocenters. The predicted octanol–water partition coefficient (Wildman–Crippen LogP) is 3.31. The van der Waals surface area contributed by atoms with Crippen LogP contribution in [0.5, 0.6) is 23.0 Å². The Morgan fingerprint density at radius 1 is 0.962 bits per heavy atom. The largest absolute Gasteiger partial charge is 0.504 e. The number of quaternary nitrogens is 1. The summed E-state index contributed by atoms with van der Waals surface area (Å²) in [6.07, 6.45) is 1.89. The van der Waals surface area contributed by atoms with E-state index in [1.165, 1.54) is 11.1 Å². The Balaban J connectivity index is 2.10. The first-order valence-corrected chi connectivity index (χ1v) is 8.92. The van der Waals surface area contributed by atoms with Crippen molar-refractivity contribution >= 4 is 0 Å². The molecule has 0 unspecified atom stereocenters. The van der Waals surface area contributed by atoms with E-state index in [-0.39, 0.29) is 5.75 Å². The molecule has 0 fully saturated rings. The van der Waals surface area contributed by atoms with Crippen LogP contribution in [-0.2, 0) is 12.8 Å². The van der Waals surface area contributed by atoms with E-state index in [1.54, 1.807) is 21.3 Å². The van der Waals surface area contributed by atoms with E-state index in [2.05, 4.69) is 20.2 Å². The van der Waals surface area contributed by atoms with Gasteiger partial charge in [-0.1, -0.05) is 0 Å². The fraction of sp³-hybridized carbons (Fsp3) is 0.429. The highest BCUT2D eigenvalue weighted by Crippen LogP contribution is 2.54. The van der Waals surface area contributed by atoms with E-state index < -0.39 is 0 Å². The molecule has 138 valence electrons. The average molecular weight is 356 g/mol. The number of nitrogens with zero attached hydrogens (tertiary/aromatic N) is 1. The smallest absolute Gasteiger partial charge is 0.169 e. The third-order valence-electron chi connectivity index (χ3n) is 6.02. The molecular weight excluding hydrogens is 330 g/mol. The minimum atomic E-state index is 0.179. The predicted molar refractivity (Wildman–Crippen MR) is 100 cm³/mol. The second-order valence-electron chi connectivity index (χ2n) is 7.71. The topological polar surface area (TPSA) is 47.9 Å². The van der Waals surface area contributed by atoms with Gasteiger partial charge in [-0.25, -0.2) is 0 Å². The summed E-state index contributed by atoms with van der Waals surface area (Å²) in [5.41, 5.74) is 5.94.